The number of oxime groups is 1. The number of fused-ring (bicyclic) bond motifs is 3. The SMILES string of the molecule is C=CCOC12Oc3ccc(Oc4cccc([N+](=O)[O-])c4)cc3C3C(CCCCO)C(CCCCO)C=C(C(=NOC(C)(C)C)CC1N(Cc1ccc4c(c1)OCO4)C(=O)CCCCCCCCCCC)C32. The van der Waals surface area contributed by atoms with Crippen molar-refractivity contribution in [2.75, 3.05) is 26.6 Å². The predicted octanol–water partition coefficient (Wildman–Crippen LogP) is 12.5. The lowest BCUT2D eigenvalue weighted by Gasteiger charge is -2.60. The maximum Gasteiger partial charge on any atom is 0.273 e. The zero-order valence-corrected chi connectivity index (χ0v) is 42.5. The summed E-state index contributed by atoms with van der Waals surface area (Å²) in [7, 11) is 0. The zero-order valence-electron chi connectivity index (χ0n) is 42.5. The molecule has 3 aromatic carbocycles. The van der Waals surface area contributed by atoms with Crippen LogP contribution in [0.4, 0.5) is 5.69 Å². The zero-order chi connectivity index (χ0) is 50.4. The Bertz CT molecular complexity index is 2330. The van der Waals surface area contributed by atoms with Crippen molar-refractivity contribution in [2.45, 2.75) is 167 Å². The van der Waals surface area contributed by atoms with Gasteiger partial charge in [-0.15, -0.1) is 6.58 Å². The Morgan fingerprint density at radius 1 is 0.887 bits per heavy atom. The van der Waals surface area contributed by atoms with Crippen LogP contribution in [-0.4, -0.2) is 75.7 Å². The van der Waals surface area contributed by atoms with Crippen molar-refractivity contribution < 1.29 is 48.5 Å². The molecule has 0 bridgehead atoms. The third-order valence-electron chi connectivity index (χ3n) is 14.3. The maximum absolute atomic E-state index is 15.4. The Labute approximate surface area is 420 Å². The molecule has 71 heavy (non-hydrogen) atoms. The molecule has 2 heterocycles. The highest BCUT2D eigenvalue weighted by molar-refractivity contribution is 6.03. The van der Waals surface area contributed by atoms with Gasteiger partial charge in [-0.05, 0) is 112 Å². The van der Waals surface area contributed by atoms with Gasteiger partial charge < -0.3 is 43.6 Å². The van der Waals surface area contributed by atoms with E-state index in [0.717, 1.165) is 68.1 Å². The maximum atomic E-state index is 15.4. The van der Waals surface area contributed by atoms with Crippen molar-refractivity contribution >= 4 is 17.3 Å². The number of hydrogen-bond acceptors (Lipinski definition) is 12. The number of ether oxygens (including phenoxy) is 5. The number of aliphatic hydroxyl groups excluding tert-OH is 2. The molecule has 0 spiro atoms. The molecule has 4 aliphatic rings. The highest BCUT2D eigenvalue weighted by Crippen LogP contribution is 2.62. The van der Waals surface area contributed by atoms with E-state index in [0.29, 0.717) is 53.7 Å². The van der Waals surface area contributed by atoms with Gasteiger partial charge in [0.2, 0.25) is 18.5 Å². The molecule has 2 aliphatic heterocycles. The van der Waals surface area contributed by atoms with Gasteiger partial charge in [0.1, 0.15) is 28.9 Å². The lowest BCUT2D eigenvalue weighted by atomic mass is 9.55. The Morgan fingerprint density at radius 3 is 2.31 bits per heavy atom. The number of nitrogens with zero attached hydrogens (tertiary/aromatic N) is 3. The summed E-state index contributed by atoms with van der Waals surface area (Å²) in [4.78, 5) is 35.0. The van der Waals surface area contributed by atoms with Crippen molar-refractivity contribution in [3.63, 3.8) is 0 Å². The number of non-ortho nitro benzene ring substituents is 1. The highest BCUT2D eigenvalue weighted by atomic mass is 16.7. The van der Waals surface area contributed by atoms with E-state index in [9.17, 15) is 20.3 Å². The van der Waals surface area contributed by atoms with E-state index < -0.39 is 28.3 Å². The Kier molecular flexibility index (Phi) is 19.0. The van der Waals surface area contributed by atoms with E-state index in [-0.39, 0.29) is 68.9 Å². The van der Waals surface area contributed by atoms with Gasteiger partial charge in [-0.1, -0.05) is 101 Å². The van der Waals surface area contributed by atoms with E-state index in [2.05, 4.69) is 19.6 Å². The van der Waals surface area contributed by atoms with Crippen LogP contribution in [0.25, 0.3) is 0 Å². The van der Waals surface area contributed by atoms with Crippen molar-refractivity contribution in [1.82, 2.24) is 4.90 Å². The minimum atomic E-state index is -1.46. The summed E-state index contributed by atoms with van der Waals surface area (Å²) in [5, 5.41) is 36.9. The molecule has 14 nitrogen and oxygen atoms in total. The average molecular weight is 980 g/mol. The molecule has 14 heteroatoms. The number of unbranched alkanes of at least 4 members (excludes halogenated alkanes) is 10. The van der Waals surface area contributed by atoms with E-state index in [4.69, 9.17) is 33.7 Å². The van der Waals surface area contributed by atoms with Crippen LogP contribution >= 0.6 is 0 Å². The first kappa shape index (κ1) is 53.4. The smallest absolute Gasteiger partial charge is 0.273 e. The van der Waals surface area contributed by atoms with Crippen molar-refractivity contribution in [3.8, 4) is 28.7 Å². The van der Waals surface area contributed by atoms with Crippen LogP contribution in [0.3, 0.4) is 0 Å². The second kappa shape index (κ2) is 25.3. The quantitative estimate of drug-likeness (QED) is 0.0307. The molecule has 2 N–H and O–H groups in total. The first-order valence-electron chi connectivity index (χ1n) is 26.3. The molecule has 6 atom stereocenters. The number of nitro benzene ring substituents is 1. The molecule has 0 radical (unpaired) electrons. The van der Waals surface area contributed by atoms with Gasteiger partial charge in [0, 0.05) is 50.1 Å². The summed E-state index contributed by atoms with van der Waals surface area (Å²) in [5.41, 5.74) is 2.66. The minimum Gasteiger partial charge on any atom is -0.459 e. The van der Waals surface area contributed by atoms with Crippen molar-refractivity contribution in [2.24, 2.45) is 22.9 Å². The molecule has 1 amide bonds. The van der Waals surface area contributed by atoms with E-state index in [1.54, 1.807) is 24.3 Å². The normalized spacial score (nSPS) is 22.5. The number of amides is 1. The van der Waals surface area contributed by atoms with E-state index >= 15 is 4.79 Å². The second-order valence-electron chi connectivity index (χ2n) is 20.6. The molecular formula is C57H77N3O11. The Hall–Kier alpha value is -5.44. The van der Waals surface area contributed by atoms with Crippen LogP contribution in [-0.2, 0) is 20.9 Å². The summed E-state index contributed by atoms with van der Waals surface area (Å²) in [6.07, 6.45) is 19.1. The monoisotopic (exact) mass is 980 g/mol. The summed E-state index contributed by atoms with van der Waals surface area (Å²) in [6.45, 7) is 12.8. The molecule has 3 aromatic rings. The molecule has 386 valence electrons. The molecule has 2 aliphatic carbocycles. The van der Waals surface area contributed by atoms with E-state index in [1.165, 1.54) is 44.2 Å². The number of rotatable bonds is 28. The van der Waals surface area contributed by atoms with Gasteiger partial charge in [0.05, 0.1) is 29.2 Å². The number of allylic oxidation sites excluding steroid dienone is 1. The predicted molar refractivity (Wildman–Crippen MR) is 274 cm³/mol. The van der Waals surface area contributed by atoms with Gasteiger partial charge in [-0.3, -0.25) is 14.9 Å². The fourth-order valence-corrected chi connectivity index (χ4v) is 11.0. The van der Waals surface area contributed by atoms with Gasteiger partial charge >= 0.3 is 0 Å². The van der Waals surface area contributed by atoms with Crippen LogP contribution in [0, 0.1) is 27.9 Å². The lowest BCUT2D eigenvalue weighted by molar-refractivity contribution is -0.384. The van der Waals surface area contributed by atoms with Gasteiger partial charge in [0.15, 0.2) is 11.5 Å². The molecular weight excluding hydrogens is 903 g/mol. The number of benzene rings is 3. The van der Waals surface area contributed by atoms with Crippen molar-refractivity contribution in [1.29, 1.82) is 0 Å². The van der Waals surface area contributed by atoms with Crippen LogP contribution < -0.4 is 18.9 Å². The van der Waals surface area contributed by atoms with Crippen molar-refractivity contribution in [3.05, 3.63) is 106 Å². The largest absolute Gasteiger partial charge is 0.459 e. The number of carbonyl (C=O) groups excluding carboxylic acids is 1. The number of nitro groups is 1. The molecule has 1 saturated carbocycles. The van der Waals surface area contributed by atoms with Crippen LogP contribution in [0.15, 0.2) is 90.1 Å². The number of aliphatic hydroxyl groups is 2. The summed E-state index contributed by atoms with van der Waals surface area (Å²) in [6, 6.07) is 16.9. The van der Waals surface area contributed by atoms with Gasteiger partial charge in [-0.25, -0.2) is 0 Å². The Morgan fingerprint density at radius 2 is 1.59 bits per heavy atom. The fraction of sp³-hybridized carbons (Fsp3) is 0.579. The van der Waals surface area contributed by atoms with Gasteiger partial charge in [-0.2, -0.15) is 0 Å². The van der Waals surface area contributed by atoms with Crippen LogP contribution in [0.5, 0.6) is 28.7 Å². The number of hydrogen-bond donors (Lipinski definition) is 2. The van der Waals surface area contributed by atoms with Crippen LogP contribution in [0.1, 0.15) is 154 Å². The molecule has 6 unspecified atom stereocenters. The minimum absolute atomic E-state index is 0.0140. The second-order valence-corrected chi connectivity index (χ2v) is 20.6. The standard InChI is InChI=1S/C57H77N3O11/c1-6-8-9-10-11-12-13-14-15-25-53(63)59(38-40-26-28-50-51(33-40)67-39-66-50)52-37-48(58-71-56(3,4)5)46-34-41(21-16-18-30-61)45(24-17-19-31-62)54-47-36-44(69-43-23-20-22-42(35-43)60(64)65)27-29-49(47)70-57(52,55(46)54)68-32-7-2/h7,20,22-23,26-29,33-36,41,45,52,54-55,61-62H,2,6,8-19,21,24-25,30-32,37-39H2,1,3-5H3. The first-order chi connectivity index (χ1) is 34.4. The topological polar surface area (TPSA) is 172 Å². The first-order valence-corrected chi connectivity index (χ1v) is 26.3. The highest BCUT2D eigenvalue weighted by Gasteiger charge is 2.65. The lowest BCUT2D eigenvalue weighted by Crippen LogP contribution is -2.70. The summed E-state index contributed by atoms with van der Waals surface area (Å²) in [5.74, 6) is 0.354. The van der Waals surface area contributed by atoms with Gasteiger partial charge in [0.25, 0.3) is 5.69 Å². The Balaban J connectivity index is 1.39. The molecule has 7 rings (SSSR count). The summed E-state index contributed by atoms with van der Waals surface area (Å²) < 4.78 is 32.7. The van der Waals surface area contributed by atoms with E-state index in [1.807, 2.05) is 56.0 Å². The molecule has 1 fully saturated rings. The molecule has 0 aromatic heterocycles. The number of carbonyl (C=O) groups is 1. The fourth-order valence-electron chi connectivity index (χ4n) is 11.0. The third-order valence-corrected chi connectivity index (χ3v) is 14.3. The molecule has 0 saturated heterocycles. The summed E-state index contributed by atoms with van der Waals surface area (Å²) >= 11 is 0. The average Bonchev–Trinajstić information content (AvgIpc) is 3.83. The third kappa shape index (κ3) is 13.4. The van der Waals surface area contributed by atoms with Crippen LogP contribution in [0.2, 0.25) is 0 Å².